The number of ether oxygens (including phenoxy) is 3. The number of aromatic nitrogens is 2. The van der Waals surface area contributed by atoms with E-state index in [0.29, 0.717) is 39.5 Å². The third-order valence-corrected chi connectivity index (χ3v) is 5.19. The lowest BCUT2D eigenvalue weighted by Gasteiger charge is -2.13. The molecule has 0 aliphatic heterocycles. The molecule has 0 fully saturated rings. The number of para-hydroxylation sites is 2. The van der Waals surface area contributed by atoms with E-state index in [1.807, 2.05) is 30.3 Å². The SMILES string of the molecule is COC(=O)c1ccc(-n2c(C=Cc3cccc(OC)c3OC)nc3ccccc3c2=O)cc1. The molecular weight excluding hydrogens is 420 g/mol. The molecule has 33 heavy (non-hydrogen) atoms. The summed E-state index contributed by atoms with van der Waals surface area (Å²) < 4.78 is 17.1. The lowest BCUT2D eigenvalue weighted by atomic mass is 10.1. The molecule has 3 aromatic carbocycles. The fourth-order valence-corrected chi connectivity index (χ4v) is 3.58. The number of carbonyl (C=O) groups excluding carboxylic acids is 1. The van der Waals surface area contributed by atoms with Crippen molar-refractivity contribution in [2.24, 2.45) is 0 Å². The lowest BCUT2D eigenvalue weighted by Crippen LogP contribution is -2.22. The van der Waals surface area contributed by atoms with Crippen molar-refractivity contribution in [3.05, 3.63) is 94.0 Å². The summed E-state index contributed by atoms with van der Waals surface area (Å²) in [5, 5.41) is 0.491. The zero-order chi connectivity index (χ0) is 23.4. The normalized spacial score (nSPS) is 11.0. The quantitative estimate of drug-likeness (QED) is 0.413. The first-order valence-electron chi connectivity index (χ1n) is 10.2. The van der Waals surface area contributed by atoms with Gasteiger partial charge in [-0.2, -0.15) is 0 Å². The van der Waals surface area contributed by atoms with Crippen molar-refractivity contribution in [2.45, 2.75) is 0 Å². The standard InChI is InChI=1S/C26H22N2O5/c1-31-22-10-6-7-17(24(22)32-2)13-16-23-27-21-9-5-4-8-20(21)25(29)28(23)19-14-11-18(12-15-19)26(30)33-3/h4-16H,1-3H3. The third-order valence-electron chi connectivity index (χ3n) is 5.19. The topological polar surface area (TPSA) is 79.7 Å². The third kappa shape index (κ3) is 4.21. The Labute approximate surface area is 190 Å². The van der Waals surface area contributed by atoms with E-state index in [1.165, 1.54) is 11.7 Å². The largest absolute Gasteiger partial charge is 0.493 e. The summed E-state index contributed by atoms with van der Waals surface area (Å²) in [5.41, 5.74) is 2.10. The summed E-state index contributed by atoms with van der Waals surface area (Å²) in [7, 11) is 4.47. The molecule has 0 atom stereocenters. The van der Waals surface area contributed by atoms with E-state index in [9.17, 15) is 9.59 Å². The van der Waals surface area contributed by atoms with Gasteiger partial charge in [0.1, 0.15) is 5.82 Å². The van der Waals surface area contributed by atoms with Crippen LogP contribution in [0.15, 0.2) is 71.5 Å². The fraction of sp³-hybridized carbons (Fsp3) is 0.115. The van der Waals surface area contributed by atoms with Gasteiger partial charge in [-0.25, -0.2) is 9.78 Å². The Kier molecular flexibility index (Phi) is 6.22. The number of fused-ring (bicyclic) bond motifs is 1. The van der Waals surface area contributed by atoms with E-state index in [0.717, 1.165) is 5.56 Å². The number of benzene rings is 3. The van der Waals surface area contributed by atoms with Crippen LogP contribution in [-0.2, 0) is 4.74 Å². The van der Waals surface area contributed by atoms with Crippen LogP contribution in [0.3, 0.4) is 0 Å². The summed E-state index contributed by atoms with van der Waals surface area (Å²) >= 11 is 0. The maximum atomic E-state index is 13.4. The van der Waals surface area contributed by atoms with Crippen LogP contribution in [0.5, 0.6) is 11.5 Å². The summed E-state index contributed by atoms with van der Waals surface area (Å²) in [5.74, 6) is 1.15. The van der Waals surface area contributed by atoms with Crippen molar-refractivity contribution in [1.29, 1.82) is 0 Å². The van der Waals surface area contributed by atoms with Gasteiger partial charge >= 0.3 is 5.97 Å². The minimum absolute atomic E-state index is 0.219. The van der Waals surface area contributed by atoms with Gasteiger partial charge in [0.25, 0.3) is 5.56 Å². The van der Waals surface area contributed by atoms with Gasteiger partial charge in [-0.05, 0) is 54.6 Å². The van der Waals surface area contributed by atoms with Crippen LogP contribution in [0.1, 0.15) is 21.7 Å². The first-order valence-corrected chi connectivity index (χ1v) is 10.2. The molecule has 0 radical (unpaired) electrons. The monoisotopic (exact) mass is 442 g/mol. The highest BCUT2D eigenvalue weighted by atomic mass is 16.5. The molecule has 7 nitrogen and oxygen atoms in total. The number of hydrogen-bond donors (Lipinski definition) is 0. The highest BCUT2D eigenvalue weighted by Crippen LogP contribution is 2.32. The first-order chi connectivity index (χ1) is 16.1. The molecule has 0 unspecified atom stereocenters. The molecule has 0 bridgehead atoms. The number of methoxy groups -OCH3 is 3. The minimum atomic E-state index is -0.448. The molecule has 0 aliphatic rings. The van der Waals surface area contributed by atoms with Crippen LogP contribution in [0.2, 0.25) is 0 Å². The zero-order valence-corrected chi connectivity index (χ0v) is 18.4. The Bertz CT molecular complexity index is 1400. The van der Waals surface area contributed by atoms with Gasteiger partial charge in [-0.1, -0.05) is 24.3 Å². The van der Waals surface area contributed by atoms with E-state index < -0.39 is 5.97 Å². The van der Waals surface area contributed by atoms with Gasteiger partial charge in [0.2, 0.25) is 0 Å². The van der Waals surface area contributed by atoms with Crippen molar-refractivity contribution in [2.75, 3.05) is 21.3 Å². The molecule has 166 valence electrons. The first kappa shape index (κ1) is 21.8. The second-order valence-electron chi connectivity index (χ2n) is 7.08. The number of rotatable bonds is 6. The molecule has 7 heteroatoms. The van der Waals surface area contributed by atoms with E-state index in [1.54, 1.807) is 62.8 Å². The van der Waals surface area contributed by atoms with E-state index in [-0.39, 0.29) is 5.56 Å². The summed E-state index contributed by atoms with van der Waals surface area (Å²) in [6, 6.07) is 19.3. The smallest absolute Gasteiger partial charge is 0.337 e. The Morgan fingerprint density at radius 1 is 0.879 bits per heavy atom. The van der Waals surface area contributed by atoms with Gasteiger partial charge in [0.15, 0.2) is 11.5 Å². The van der Waals surface area contributed by atoms with Gasteiger partial charge in [-0.3, -0.25) is 9.36 Å². The van der Waals surface area contributed by atoms with Gasteiger partial charge in [0.05, 0.1) is 43.5 Å². The Hall–Kier alpha value is -4.39. The molecule has 0 saturated heterocycles. The van der Waals surface area contributed by atoms with E-state index >= 15 is 0 Å². The molecule has 1 aromatic heterocycles. The Balaban J connectivity index is 1.89. The van der Waals surface area contributed by atoms with Crippen LogP contribution >= 0.6 is 0 Å². The molecule has 0 N–H and O–H groups in total. The van der Waals surface area contributed by atoms with Crippen molar-refractivity contribution in [1.82, 2.24) is 9.55 Å². The summed E-state index contributed by atoms with van der Waals surface area (Å²) in [6.07, 6.45) is 3.57. The number of hydrogen-bond acceptors (Lipinski definition) is 6. The van der Waals surface area contributed by atoms with Crippen molar-refractivity contribution in [3.8, 4) is 17.2 Å². The zero-order valence-electron chi connectivity index (χ0n) is 18.4. The maximum absolute atomic E-state index is 13.4. The summed E-state index contributed by atoms with van der Waals surface area (Å²) in [4.78, 5) is 29.9. The second-order valence-corrected chi connectivity index (χ2v) is 7.08. The highest BCUT2D eigenvalue weighted by Gasteiger charge is 2.13. The highest BCUT2D eigenvalue weighted by molar-refractivity contribution is 5.89. The average molecular weight is 442 g/mol. The molecule has 0 aliphatic carbocycles. The number of nitrogens with zero attached hydrogens (tertiary/aromatic N) is 2. The lowest BCUT2D eigenvalue weighted by molar-refractivity contribution is 0.0600. The molecule has 0 spiro atoms. The van der Waals surface area contributed by atoms with Crippen LogP contribution in [-0.4, -0.2) is 36.8 Å². The molecule has 1 heterocycles. The van der Waals surface area contributed by atoms with Crippen molar-refractivity contribution in [3.63, 3.8) is 0 Å². The van der Waals surface area contributed by atoms with Gasteiger partial charge < -0.3 is 14.2 Å². The summed E-state index contributed by atoms with van der Waals surface area (Å²) in [6.45, 7) is 0. The predicted molar refractivity (Wildman–Crippen MR) is 127 cm³/mol. The predicted octanol–water partition coefficient (Wildman–Crippen LogP) is 4.36. The van der Waals surface area contributed by atoms with E-state index in [2.05, 4.69) is 0 Å². The molecule has 0 amide bonds. The van der Waals surface area contributed by atoms with Gasteiger partial charge in [-0.15, -0.1) is 0 Å². The average Bonchev–Trinajstić information content (AvgIpc) is 2.86. The van der Waals surface area contributed by atoms with Crippen LogP contribution in [0, 0.1) is 0 Å². The number of esters is 1. The van der Waals surface area contributed by atoms with Crippen molar-refractivity contribution < 1.29 is 19.0 Å². The van der Waals surface area contributed by atoms with Crippen molar-refractivity contribution >= 4 is 29.0 Å². The Morgan fingerprint density at radius 3 is 2.33 bits per heavy atom. The second kappa shape index (κ2) is 9.40. The van der Waals surface area contributed by atoms with Crippen LogP contribution in [0.25, 0.3) is 28.7 Å². The molecule has 4 aromatic rings. The van der Waals surface area contributed by atoms with Crippen LogP contribution in [0.4, 0.5) is 0 Å². The maximum Gasteiger partial charge on any atom is 0.337 e. The number of carbonyl (C=O) groups is 1. The minimum Gasteiger partial charge on any atom is -0.493 e. The molecule has 4 rings (SSSR count). The Morgan fingerprint density at radius 2 is 1.64 bits per heavy atom. The van der Waals surface area contributed by atoms with E-state index in [4.69, 9.17) is 19.2 Å². The molecular formula is C26H22N2O5. The molecule has 0 saturated carbocycles. The fourth-order valence-electron chi connectivity index (χ4n) is 3.58. The van der Waals surface area contributed by atoms with Crippen LogP contribution < -0.4 is 15.0 Å². The van der Waals surface area contributed by atoms with Gasteiger partial charge in [0, 0.05) is 5.56 Å².